The maximum absolute atomic E-state index is 12.3. The van der Waals surface area contributed by atoms with Crippen molar-refractivity contribution in [1.29, 1.82) is 0 Å². The lowest BCUT2D eigenvalue weighted by Crippen LogP contribution is -2.28. The van der Waals surface area contributed by atoms with Crippen LogP contribution in [0.15, 0.2) is 18.2 Å². The van der Waals surface area contributed by atoms with Crippen LogP contribution in [-0.2, 0) is 6.42 Å². The average molecular weight is 217 g/mol. The number of fused-ring (bicyclic) bond motifs is 1. The Morgan fingerprint density at radius 1 is 1.33 bits per heavy atom. The van der Waals surface area contributed by atoms with Gasteiger partial charge in [0.1, 0.15) is 11.8 Å². The van der Waals surface area contributed by atoms with Gasteiger partial charge >= 0.3 is 6.18 Å². The average Bonchev–Trinajstić information content (AvgIpc) is 2.61. The van der Waals surface area contributed by atoms with Crippen molar-refractivity contribution in [2.75, 3.05) is 6.61 Å². The highest BCUT2D eigenvalue weighted by atomic mass is 19.4. The monoisotopic (exact) mass is 217 g/mol. The first-order chi connectivity index (χ1) is 6.98. The smallest absolute Gasteiger partial charge is 0.407 e. The van der Waals surface area contributed by atoms with E-state index in [0.717, 1.165) is 12.0 Å². The molecule has 0 amide bonds. The largest absolute Gasteiger partial charge is 0.493 e. The molecule has 0 bridgehead atoms. The molecule has 1 heterocycles. The molecule has 0 radical (unpaired) electrons. The Morgan fingerprint density at radius 3 is 2.73 bits per heavy atom. The van der Waals surface area contributed by atoms with Crippen molar-refractivity contribution >= 4 is 0 Å². The molecule has 1 aromatic rings. The predicted octanol–water partition coefficient (Wildman–Crippen LogP) is 2.18. The van der Waals surface area contributed by atoms with Crippen molar-refractivity contribution in [3.63, 3.8) is 0 Å². The first kappa shape index (κ1) is 10.3. The lowest BCUT2D eigenvalue weighted by Gasteiger charge is -2.16. The predicted molar refractivity (Wildman–Crippen MR) is 48.6 cm³/mol. The van der Waals surface area contributed by atoms with Gasteiger partial charge in [0, 0.05) is 6.42 Å². The van der Waals surface area contributed by atoms with Gasteiger partial charge in [-0.15, -0.1) is 0 Å². The Balaban J connectivity index is 2.31. The molecule has 0 spiro atoms. The number of alkyl halides is 3. The number of nitrogens with two attached hydrogens (primary N) is 1. The van der Waals surface area contributed by atoms with E-state index in [1.54, 1.807) is 6.07 Å². The highest BCUT2D eigenvalue weighted by Crippen LogP contribution is 2.34. The summed E-state index contributed by atoms with van der Waals surface area (Å²) in [5.41, 5.74) is 6.07. The van der Waals surface area contributed by atoms with Gasteiger partial charge in [-0.2, -0.15) is 13.2 Å². The van der Waals surface area contributed by atoms with E-state index in [9.17, 15) is 13.2 Å². The van der Waals surface area contributed by atoms with Gasteiger partial charge in [0.15, 0.2) is 0 Å². The molecule has 15 heavy (non-hydrogen) atoms. The van der Waals surface area contributed by atoms with Gasteiger partial charge in [-0.25, -0.2) is 0 Å². The Bertz CT molecular complexity index is 375. The van der Waals surface area contributed by atoms with Crippen molar-refractivity contribution < 1.29 is 17.9 Å². The number of benzene rings is 1. The summed E-state index contributed by atoms with van der Waals surface area (Å²) in [6.07, 6.45) is -3.66. The van der Waals surface area contributed by atoms with E-state index in [1.807, 2.05) is 0 Å². The Hall–Kier alpha value is -1.23. The summed E-state index contributed by atoms with van der Waals surface area (Å²) in [6.45, 7) is 0.528. The van der Waals surface area contributed by atoms with Crippen LogP contribution in [0.3, 0.4) is 0 Å². The van der Waals surface area contributed by atoms with Gasteiger partial charge in [0.25, 0.3) is 0 Å². The fraction of sp³-hybridized carbons (Fsp3) is 0.400. The van der Waals surface area contributed by atoms with Gasteiger partial charge in [-0.3, -0.25) is 0 Å². The van der Waals surface area contributed by atoms with Crippen molar-refractivity contribution in [3.8, 4) is 5.75 Å². The molecule has 1 aliphatic rings. The van der Waals surface area contributed by atoms with Crippen LogP contribution >= 0.6 is 0 Å². The van der Waals surface area contributed by atoms with Crippen molar-refractivity contribution in [3.05, 3.63) is 29.3 Å². The second kappa shape index (κ2) is 3.41. The lowest BCUT2D eigenvalue weighted by atomic mass is 10.0. The van der Waals surface area contributed by atoms with Crippen LogP contribution < -0.4 is 10.5 Å². The molecule has 0 fully saturated rings. The third kappa shape index (κ3) is 1.92. The van der Waals surface area contributed by atoms with Crippen molar-refractivity contribution in [1.82, 2.24) is 0 Å². The molecule has 2 N–H and O–H groups in total. The molecule has 1 unspecified atom stereocenters. The van der Waals surface area contributed by atoms with Crippen LogP contribution in [0.4, 0.5) is 13.2 Å². The van der Waals surface area contributed by atoms with Crippen molar-refractivity contribution in [2.24, 2.45) is 5.73 Å². The third-order valence-electron chi connectivity index (χ3n) is 2.43. The van der Waals surface area contributed by atoms with Crippen molar-refractivity contribution in [2.45, 2.75) is 18.6 Å². The summed E-state index contributed by atoms with van der Waals surface area (Å²) >= 11 is 0. The second-order valence-electron chi connectivity index (χ2n) is 3.48. The van der Waals surface area contributed by atoms with Gasteiger partial charge in [0.2, 0.25) is 0 Å². The molecule has 2 rings (SSSR count). The molecule has 0 aliphatic carbocycles. The van der Waals surface area contributed by atoms with Crippen LogP contribution in [0.5, 0.6) is 5.75 Å². The zero-order valence-electron chi connectivity index (χ0n) is 7.84. The number of hydrogen-bond acceptors (Lipinski definition) is 2. The lowest BCUT2D eigenvalue weighted by molar-refractivity contribution is -0.149. The summed E-state index contributed by atoms with van der Waals surface area (Å²) in [4.78, 5) is 0. The summed E-state index contributed by atoms with van der Waals surface area (Å²) < 4.78 is 42.1. The maximum Gasteiger partial charge on any atom is 0.407 e. The van der Waals surface area contributed by atoms with Gasteiger partial charge < -0.3 is 10.5 Å². The van der Waals surface area contributed by atoms with Crippen LogP contribution in [0.2, 0.25) is 0 Å². The molecule has 1 atom stereocenters. The van der Waals surface area contributed by atoms with Crippen LogP contribution in [-0.4, -0.2) is 12.8 Å². The molecule has 5 heteroatoms. The molecule has 1 aliphatic heterocycles. The minimum Gasteiger partial charge on any atom is -0.493 e. The van der Waals surface area contributed by atoms with Gasteiger partial charge in [-0.1, -0.05) is 12.1 Å². The summed E-state index contributed by atoms with van der Waals surface area (Å²) in [5.74, 6) is 0.521. The fourth-order valence-corrected chi connectivity index (χ4v) is 1.57. The molecule has 0 saturated heterocycles. The van der Waals surface area contributed by atoms with E-state index in [-0.39, 0.29) is 5.56 Å². The Labute approximate surface area is 84.8 Å². The molecule has 0 saturated carbocycles. The summed E-state index contributed by atoms with van der Waals surface area (Å²) in [6, 6.07) is 2.49. The Morgan fingerprint density at radius 2 is 2.07 bits per heavy atom. The quantitative estimate of drug-likeness (QED) is 0.782. The first-order valence-electron chi connectivity index (χ1n) is 4.56. The highest BCUT2D eigenvalue weighted by molar-refractivity contribution is 5.41. The molecular weight excluding hydrogens is 207 g/mol. The maximum atomic E-state index is 12.3. The van der Waals surface area contributed by atoms with Crippen LogP contribution in [0.25, 0.3) is 0 Å². The van der Waals surface area contributed by atoms with Gasteiger partial charge in [0.05, 0.1) is 6.61 Å². The fourth-order valence-electron chi connectivity index (χ4n) is 1.57. The SMILES string of the molecule is NC(c1ccc2c(c1)OCC2)C(F)(F)F. The van der Waals surface area contributed by atoms with E-state index in [4.69, 9.17) is 10.5 Å². The molecule has 2 nitrogen and oxygen atoms in total. The van der Waals surface area contributed by atoms with Crippen LogP contribution in [0, 0.1) is 0 Å². The van der Waals surface area contributed by atoms with Crippen LogP contribution in [0.1, 0.15) is 17.2 Å². The highest BCUT2D eigenvalue weighted by Gasteiger charge is 2.38. The number of rotatable bonds is 1. The Kier molecular flexibility index (Phi) is 2.34. The summed E-state index contributed by atoms with van der Waals surface area (Å²) in [5, 5.41) is 0. The van der Waals surface area contributed by atoms with E-state index in [0.29, 0.717) is 12.4 Å². The third-order valence-corrected chi connectivity index (χ3v) is 2.43. The normalized spacial score (nSPS) is 17.1. The molecular formula is C10H10F3NO. The molecule has 82 valence electrons. The minimum atomic E-state index is -4.41. The number of halogens is 3. The molecule has 1 aromatic carbocycles. The summed E-state index contributed by atoms with van der Waals surface area (Å²) in [7, 11) is 0. The van der Waals surface area contributed by atoms with Gasteiger partial charge in [-0.05, 0) is 17.2 Å². The standard InChI is InChI=1S/C10H10F3NO/c11-10(12,13)9(14)7-2-1-6-3-4-15-8(6)5-7/h1-2,5,9H,3-4,14H2. The number of ether oxygens (including phenoxy) is 1. The zero-order valence-corrected chi connectivity index (χ0v) is 7.84. The van der Waals surface area contributed by atoms with E-state index < -0.39 is 12.2 Å². The second-order valence-corrected chi connectivity index (χ2v) is 3.48. The topological polar surface area (TPSA) is 35.2 Å². The van der Waals surface area contributed by atoms with E-state index in [2.05, 4.69) is 0 Å². The van der Waals surface area contributed by atoms with E-state index >= 15 is 0 Å². The zero-order chi connectivity index (χ0) is 11.1. The molecule has 0 aromatic heterocycles. The number of hydrogen-bond donors (Lipinski definition) is 1. The first-order valence-corrected chi connectivity index (χ1v) is 4.56. The minimum absolute atomic E-state index is 0.0446. The van der Waals surface area contributed by atoms with E-state index in [1.165, 1.54) is 12.1 Å².